The molecule has 0 amide bonds. The molecule has 0 bridgehead atoms. The maximum Gasteiger partial charge on any atom is 0.196 e. The van der Waals surface area contributed by atoms with Gasteiger partial charge in [0.1, 0.15) is 5.75 Å². The third-order valence-corrected chi connectivity index (χ3v) is 3.35. The molecule has 0 aliphatic heterocycles. The van der Waals surface area contributed by atoms with Crippen LogP contribution in [-0.2, 0) is 6.42 Å². The summed E-state index contributed by atoms with van der Waals surface area (Å²) in [5.74, 6) is -0.222. The van der Waals surface area contributed by atoms with Gasteiger partial charge in [-0.3, -0.25) is 4.79 Å². The number of carbonyl (C=O) groups excluding carboxylic acids is 1. The van der Waals surface area contributed by atoms with E-state index in [1.807, 2.05) is 12.1 Å². The Kier molecular flexibility index (Phi) is 3.91. The zero-order chi connectivity index (χ0) is 14.0. The molecule has 0 radical (unpaired) electrons. The molecule has 0 aliphatic rings. The number of ketones is 1. The van der Waals surface area contributed by atoms with Crippen LogP contribution in [0.4, 0.5) is 0 Å². The number of rotatable bonds is 3. The Hall–Kier alpha value is -1.80. The fourth-order valence-corrected chi connectivity index (χ4v) is 2.23. The van der Waals surface area contributed by atoms with E-state index in [2.05, 4.69) is 6.92 Å². The standard InChI is InChI=1S/C16H15ClO2/c1-3-11-4-6-12(7-5-11)16(19)14-9-13(17)8-10(2)15(14)18/h4-9,18H,3H2,1-2H3. The maximum atomic E-state index is 12.4. The highest BCUT2D eigenvalue weighted by Crippen LogP contribution is 2.28. The van der Waals surface area contributed by atoms with Crippen LogP contribution in [0.3, 0.4) is 0 Å². The topological polar surface area (TPSA) is 37.3 Å². The molecule has 0 heterocycles. The van der Waals surface area contributed by atoms with Gasteiger partial charge in [0.05, 0.1) is 5.56 Å². The number of hydrogen-bond donors (Lipinski definition) is 1. The van der Waals surface area contributed by atoms with Crippen LogP contribution in [0.2, 0.25) is 5.02 Å². The molecule has 19 heavy (non-hydrogen) atoms. The highest BCUT2D eigenvalue weighted by Gasteiger charge is 2.16. The van der Waals surface area contributed by atoms with E-state index in [-0.39, 0.29) is 17.1 Å². The average molecular weight is 275 g/mol. The first-order valence-electron chi connectivity index (χ1n) is 6.15. The summed E-state index contributed by atoms with van der Waals surface area (Å²) in [5, 5.41) is 10.4. The van der Waals surface area contributed by atoms with Crippen LogP contribution < -0.4 is 0 Å². The van der Waals surface area contributed by atoms with Crippen molar-refractivity contribution in [2.75, 3.05) is 0 Å². The van der Waals surface area contributed by atoms with E-state index in [1.165, 1.54) is 11.6 Å². The Morgan fingerprint density at radius 2 is 1.84 bits per heavy atom. The molecule has 98 valence electrons. The normalized spacial score (nSPS) is 10.5. The van der Waals surface area contributed by atoms with E-state index in [4.69, 9.17) is 11.6 Å². The predicted molar refractivity (Wildman–Crippen MR) is 77.1 cm³/mol. The lowest BCUT2D eigenvalue weighted by Gasteiger charge is -2.08. The van der Waals surface area contributed by atoms with Gasteiger partial charge >= 0.3 is 0 Å². The van der Waals surface area contributed by atoms with Crippen molar-refractivity contribution in [3.8, 4) is 5.75 Å². The largest absolute Gasteiger partial charge is 0.507 e. The number of halogens is 1. The van der Waals surface area contributed by atoms with E-state index in [1.54, 1.807) is 25.1 Å². The first-order valence-corrected chi connectivity index (χ1v) is 6.53. The molecule has 2 aromatic rings. The van der Waals surface area contributed by atoms with Crippen LogP contribution in [0.15, 0.2) is 36.4 Å². The van der Waals surface area contributed by atoms with Crippen molar-refractivity contribution >= 4 is 17.4 Å². The molecule has 0 saturated carbocycles. The lowest BCUT2D eigenvalue weighted by Crippen LogP contribution is -2.02. The average Bonchev–Trinajstić information content (AvgIpc) is 2.42. The molecule has 0 aromatic heterocycles. The maximum absolute atomic E-state index is 12.4. The molecule has 0 atom stereocenters. The van der Waals surface area contributed by atoms with Gasteiger partial charge in [-0.05, 0) is 36.6 Å². The fourth-order valence-electron chi connectivity index (χ4n) is 1.96. The Bertz CT molecular complexity index is 615. The number of phenols is 1. The molecule has 3 heteroatoms. The number of carbonyl (C=O) groups is 1. The molecule has 2 aromatic carbocycles. The van der Waals surface area contributed by atoms with Crippen molar-refractivity contribution in [1.29, 1.82) is 0 Å². The first-order chi connectivity index (χ1) is 9.02. The van der Waals surface area contributed by atoms with Gasteiger partial charge in [0.25, 0.3) is 0 Å². The predicted octanol–water partition coefficient (Wildman–Crippen LogP) is 4.15. The molecule has 0 saturated heterocycles. The Morgan fingerprint density at radius 3 is 2.42 bits per heavy atom. The molecule has 0 unspecified atom stereocenters. The van der Waals surface area contributed by atoms with Crippen molar-refractivity contribution in [1.82, 2.24) is 0 Å². The van der Waals surface area contributed by atoms with E-state index >= 15 is 0 Å². The minimum atomic E-state index is -0.217. The zero-order valence-corrected chi connectivity index (χ0v) is 11.7. The number of aromatic hydroxyl groups is 1. The number of benzene rings is 2. The summed E-state index contributed by atoms with van der Waals surface area (Å²) in [6.45, 7) is 3.78. The Morgan fingerprint density at radius 1 is 1.21 bits per heavy atom. The number of phenolic OH excluding ortho intramolecular Hbond substituents is 1. The smallest absolute Gasteiger partial charge is 0.196 e. The lowest BCUT2D eigenvalue weighted by atomic mass is 9.99. The summed E-state index contributed by atoms with van der Waals surface area (Å²) < 4.78 is 0. The van der Waals surface area contributed by atoms with Crippen molar-refractivity contribution in [3.05, 3.63) is 63.7 Å². The van der Waals surface area contributed by atoms with Crippen LogP contribution in [0.5, 0.6) is 5.75 Å². The van der Waals surface area contributed by atoms with Crippen LogP contribution in [0.1, 0.15) is 34.0 Å². The molecule has 2 rings (SSSR count). The summed E-state index contributed by atoms with van der Waals surface area (Å²) in [5.41, 5.74) is 2.56. The van der Waals surface area contributed by atoms with Gasteiger partial charge in [0, 0.05) is 10.6 Å². The van der Waals surface area contributed by atoms with Crippen LogP contribution in [0, 0.1) is 6.92 Å². The summed E-state index contributed by atoms with van der Waals surface area (Å²) in [4.78, 5) is 12.4. The third-order valence-electron chi connectivity index (χ3n) is 3.13. The highest BCUT2D eigenvalue weighted by atomic mass is 35.5. The minimum absolute atomic E-state index is 0.00559. The van der Waals surface area contributed by atoms with Crippen LogP contribution in [-0.4, -0.2) is 10.9 Å². The van der Waals surface area contributed by atoms with Crippen molar-refractivity contribution in [2.45, 2.75) is 20.3 Å². The second kappa shape index (κ2) is 5.45. The molecule has 0 spiro atoms. The first kappa shape index (κ1) is 13.6. The zero-order valence-electron chi connectivity index (χ0n) is 10.9. The molecule has 1 N–H and O–H groups in total. The van der Waals surface area contributed by atoms with Gasteiger partial charge in [-0.25, -0.2) is 0 Å². The quantitative estimate of drug-likeness (QED) is 0.854. The molecular formula is C16H15ClO2. The third kappa shape index (κ3) is 2.79. The second-order valence-electron chi connectivity index (χ2n) is 4.50. The van der Waals surface area contributed by atoms with E-state index in [9.17, 15) is 9.90 Å². The van der Waals surface area contributed by atoms with Gasteiger partial charge in [0.15, 0.2) is 5.78 Å². The monoisotopic (exact) mass is 274 g/mol. The van der Waals surface area contributed by atoms with Gasteiger partial charge in [-0.2, -0.15) is 0 Å². The summed E-state index contributed by atoms with van der Waals surface area (Å²) in [6.07, 6.45) is 0.927. The van der Waals surface area contributed by atoms with E-state index < -0.39 is 0 Å². The number of aryl methyl sites for hydroxylation is 2. The van der Waals surface area contributed by atoms with Gasteiger partial charge in [0.2, 0.25) is 0 Å². The minimum Gasteiger partial charge on any atom is -0.507 e. The van der Waals surface area contributed by atoms with Gasteiger partial charge < -0.3 is 5.11 Å². The molecular weight excluding hydrogens is 260 g/mol. The van der Waals surface area contributed by atoms with E-state index in [0.29, 0.717) is 16.1 Å². The van der Waals surface area contributed by atoms with Crippen molar-refractivity contribution < 1.29 is 9.90 Å². The Balaban J connectivity index is 2.43. The van der Waals surface area contributed by atoms with E-state index in [0.717, 1.165) is 6.42 Å². The number of hydrogen-bond acceptors (Lipinski definition) is 2. The van der Waals surface area contributed by atoms with Crippen molar-refractivity contribution in [2.24, 2.45) is 0 Å². The fraction of sp³-hybridized carbons (Fsp3) is 0.188. The molecule has 0 aliphatic carbocycles. The summed E-state index contributed by atoms with van der Waals surface area (Å²) >= 11 is 5.94. The van der Waals surface area contributed by atoms with Crippen molar-refractivity contribution in [3.63, 3.8) is 0 Å². The SMILES string of the molecule is CCc1ccc(C(=O)c2cc(Cl)cc(C)c2O)cc1. The highest BCUT2D eigenvalue weighted by molar-refractivity contribution is 6.31. The molecule has 2 nitrogen and oxygen atoms in total. The second-order valence-corrected chi connectivity index (χ2v) is 4.93. The Labute approximate surface area is 117 Å². The summed E-state index contributed by atoms with van der Waals surface area (Å²) in [6, 6.07) is 10.5. The van der Waals surface area contributed by atoms with Crippen LogP contribution >= 0.6 is 11.6 Å². The molecule has 0 fully saturated rings. The van der Waals surface area contributed by atoms with Crippen LogP contribution in [0.25, 0.3) is 0 Å². The van der Waals surface area contributed by atoms with Gasteiger partial charge in [-0.1, -0.05) is 42.8 Å². The lowest BCUT2D eigenvalue weighted by molar-refractivity contribution is 0.103. The summed E-state index contributed by atoms with van der Waals surface area (Å²) in [7, 11) is 0. The van der Waals surface area contributed by atoms with Gasteiger partial charge in [-0.15, -0.1) is 0 Å².